The molecule has 0 spiro atoms. The summed E-state index contributed by atoms with van der Waals surface area (Å²) in [5, 5.41) is 12.4. The summed E-state index contributed by atoms with van der Waals surface area (Å²) in [6, 6.07) is 2.22. The zero-order valence-corrected chi connectivity index (χ0v) is 11.1. The fourth-order valence-corrected chi connectivity index (χ4v) is 1.81. The van der Waals surface area contributed by atoms with Crippen LogP contribution < -0.4 is 5.32 Å². The van der Waals surface area contributed by atoms with Crippen LogP contribution in [-0.2, 0) is 13.6 Å². The molecule has 1 heterocycles. The lowest BCUT2D eigenvalue weighted by molar-refractivity contribution is 0.230. The highest BCUT2D eigenvalue weighted by molar-refractivity contribution is 5.26. The Hall–Kier alpha value is -0.800. The van der Waals surface area contributed by atoms with Gasteiger partial charge in [-0.2, -0.15) is 0 Å². The lowest BCUT2D eigenvalue weighted by Crippen LogP contribution is -2.39. The first-order valence-corrected chi connectivity index (χ1v) is 5.85. The topological polar surface area (TPSA) is 37.2 Å². The maximum atomic E-state index is 8.96. The standard InChI is InChI=1S/C13H24N2O/c1-10-8-12(11(2)15(10)5)9-14-13(3,4)6-7-16/h8,14,16H,6-7,9H2,1-5H3. The molecule has 1 aromatic rings. The number of aryl methyl sites for hydroxylation is 1. The number of aliphatic hydroxyl groups excluding tert-OH is 1. The van der Waals surface area contributed by atoms with Gasteiger partial charge >= 0.3 is 0 Å². The molecule has 2 N–H and O–H groups in total. The fourth-order valence-electron chi connectivity index (χ4n) is 1.81. The van der Waals surface area contributed by atoms with Crippen LogP contribution in [0.2, 0.25) is 0 Å². The van der Waals surface area contributed by atoms with Gasteiger partial charge in [-0.3, -0.25) is 0 Å². The summed E-state index contributed by atoms with van der Waals surface area (Å²) in [6.45, 7) is 9.59. The van der Waals surface area contributed by atoms with Crippen molar-refractivity contribution >= 4 is 0 Å². The van der Waals surface area contributed by atoms with E-state index in [1.54, 1.807) is 0 Å². The lowest BCUT2D eigenvalue weighted by atomic mass is 10.0. The molecule has 3 heteroatoms. The lowest BCUT2D eigenvalue weighted by Gasteiger charge is -2.25. The normalized spacial score (nSPS) is 12.1. The van der Waals surface area contributed by atoms with E-state index < -0.39 is 0 Å². The summed E-state index contributed by atoms with van der Waals surface area (Å²) >= 11 is 0. The summed E-state index contributed by atoms with van der Waals surface area (Å²) in [5.74, 6) is 0. The van der Waals surface area contributed by atoms with Crippen molar-refractivity contribution in [1.29, 1.82) is 0 Å². The number of nitrogens with zero attached hydrogens (tertiary/aromatic N) is 1. The van der Waals surface area contributed by atoms with Crippen molar-refractivity contribution in [2.45, 2.75) is 46.2 Å². The third-order valence-electron chi connectivity index (χ3n) is 3.37. The Bertz CT molecular complexity index is 353. The Morgan fingerprint density at radius 3 is 2.44 bits per heavy atom. The van der Waals surface area contributed by atoms with Gasteiger partial charge < -0.3 is 15.0 Å². The average molecular weight is 224 g/mol. The number of rotatable bonds is 5. The quantitative estimate of drug-likeness (QED) is 0.801. The molecule has 0 saturated carbocycles. The molecule has 0 fully saturated rings. The van der Waals surface area contributed by atoms with Crippen LogP contribution in [0.4, 0.5) is 0 Å². The first-order valence-electron chi connectivity index (χ1n) is 5.85. The maximum absolute atomic E-state index is 8.96. The zero-order chi connectivity index (χ0) is 12.3. The molecular weight excluding hydrogens is 200 g/mol. The van der Waals surface area contributed by atoms with Crippen LogP contribution in [0.15, 0.2) is 6.07 Å². The van der Waals surface area contributed by atoms with Gasteiger partial charge in [0.05, 0.1) is 0 Å². The van der Waals surface area contributed by atoms with E-state index in [4.69, 9.17) is 5.11 Å². The minimum absolute atomic E-state index is 0.00899. The first-order chi connectivity index (χ1) is 7.37. The van der Waals surface area contributed by atoms with Gasteiger partial charge in [0, 0.05) is 37.1 Å². The van der Waals surface area contributed by atoms with E-state index in [0.29, 0.717) is 0 Å². The number of hydrogen-bond acceptors (Lipinski definition) is 2. The highest BCUT2D eigenvalue weighted by atomic mass is 16.3. The smallest absolute Gasteiger partial charge is 0.0448 e. The third kappa shape index (κ3) is 3.09. The molecular formula is C13H24N2O. The third-order valence-corrected chi connectivity index (χ3v) is 3.37. The van der Waals surface area contributed by atoms with Gasteiger partial charge in [-0.1, -0.05) is 0 Å². The van der Waals surface area contributed by atoms with Gasteiger partial charge in [-0.15, -0.1) is 0 Å². The highest BCUT2D eigenvalue weighted by Crippen LogP contribution is 2.15. The van der Waals surface area contributed by atoms with Gasteiger partial charge in [-0.05, 0) is 45.7 Å². The molecule has 0 atom stereocenters. The molecule has 0 aromatic carbocycles. The first kappa shape index (κ1) is 13.3. The van der Waals surface area contributed by atoms with Crippen molar-refractivity contribution in [3.8, 4) is 0 Å². The van der Waals surface area contributed by atoms with Gasteiger partial charge in [0.25, 0.3) is 0 Å². The summed E-state index contributed by atoms with van der Waals surface area (Å²) in [5.41, 5.74) is 3.93. The Morgan fingerprint density at radius 2 is 2.00 bits per heavy atom. The molecule has 0 saturated heterocycles. The minimum Gasteiger partial charge on any atom is -0.396 e. The molecule has 0 bridgehead atoms. The largest absolute Gasteiger partial charge is 0.396 e. The van der Waals surface area contributed by atoms with Gasteiger partial charge in [0.2, 0.25) is 0 Å². The summed E-state index contributed by atoms with van der Waals surface area (Å²) in [6.07, 6.45) is 0.776. The van der Waals surface area contributed by atoms with Crippen LogP contribution in [0.25, 0.3) is 0 Å². The number of hydrogen-bond donors (Lipinski definition) is 2. The van der Waals surface area contributed by atoms with Crippen molar-refractivity contribution < 1.29 is 5.11 Å². The van der Waals surface area contributed by atoms with Crippen molar-refractivity contribution in [3.63, 3.8) is 0 Å². The van der Waals surface area contributed by atoms with Crippen LogP contribution >= 0.6 is 0 Å². The van der Waals surface area contributed by atoms with E-state index in [1.165, 1.54) is 17.0 Å². The Labute approximate surface area is 98.5 Å². The molecule has 1 rings (SSSR count). The second-order valence-corrected chi connectivity index (χ2v) is 5.17. The second-order valence-electron chi connectivity index (χ2n) is 5.17. The van der Waals surface area contributed by atoms with Gasteiger partial charge in [0.15, 0.2) is 0 Å². The van der Waals surface area contributed by atoms with E-state index in [0.717, 1.165) is 13.0 Å². The summed E-state index contributed by atoms with van der Waals surface area (Å²) < 4.78 is 2.20. The Morgan fingerprint density at radius 1 is 1.38 bits per heavy atom. The van der Waals surface area contributed by atoms with Crippen LogP contribution in [0.1, 0.15) is 37.2 Å². The number of aromatic nitrogens is 1. The highest BCUT2D eigenvalue weighted by Gasteiger charge is 2.16. The molecule has 16 heavy (non-hydrogen) atoms. The van der Waals surface area contributed by atoms with Crippen molar-refractivity contribution in [3.05, 3.63) is 23.0 Å². The van der Waals surface area contributed by atoms with Crippen LogP contribution in [0.3, 0.4) is 0 Å². The zero-order valence-electron chi connectivity index (χ0n) is 11.1. The van der Waals surface area contributed by atoms with Gasteiger partial charge in [0.1, 0.15) is 0 Å². The predicted molar refractivity (Wildman–Crippen MR) is 67.5 cm³/mol. The molecule has 92 valence electrons. The van der Waals surface area contributed by atoms with E-state index in [1.807, 2.05) is 0 Å². The maximum Gasteiger partial charge on any atom is 0.0448 e. The predicted octanol–water partition coefficient (Wildman–Crippen LogP) is 1.89. The van der Waals surface area contributed by atoms with Crippen LogP contribution in [-0.4, -0.2) is 21.8 Å². The van der Waals surface area contributed by atoms with E-state index >= 15 is 0 Å². The fraction of sp³-hybridized carbons (Fsp3) is 0.692. The second kappa shape index (κ2) is 5.02. The Balaban J connectivity index is 2.64. The Kier molecular flexibility index (Phi) is 4.16. The summed E-state index contributed by atoms with van der Waals surface area (Å²) in [7, 11) is 2.09. The molecule has 1 aromatic heterocycles. The molecule has 0 unspecified atom stereocenters. The molecule has 0 amide bonds. The van der Waals surface area contributed by atoms with Crippen molar-refractivity contribution in [2.75, 3.05) is 6.61 Å². The SMILES string of the molecule is Cc1cc(CNC(C)(C)CCO)c(C)n1C. The molecule has 0 aliphatic heterocycles. The number of nitrogens with one attached hydrogen (secondary N) is 1. The van der Waals surface area contributed by atoms with Crippen LogP contribution in [0.5, 0.6) is 0 Å². The average Bonchev–Trinajstić information content (AvgIpc) is 2.43. The monoisotopic (exact) mass is 224 g/mol. The molecule has 0 aliphatic carbocycles. The number of aliphatic hydroxyl groups is 1. The minimum atomic E-state index is -0.00899. The van der Waals surface area contributed by atoms with Crippen molar-refractivity contribution in [1.82, 2.24) is 9.88 Å². The van der Waals surface area contributed by atoms with Gasteiger partial charge in [-0.25, -0.2) is 0 Å². The van der Waals surface area contributed by atoms with E-state index in [-0.39, 0.29) is 12.1 Å². The summed E-state index contributed by atoms with van der Waals surface area (Å²) in [4.78, 5) is 0. The van der Waals surface area contributed by atoms with E-state index in [9.17, 15) is 0 Å². The molecule has 3 nitrogen and oxygen atoms in total. The van der Waals surface area contributed by atoms with Crippen LogP contribution in [0, 0.1) is 13.8 Å². The molecule has 0 radical (unpaired) electrons. The van der Waals surface area contributed by atoms with E-state index in [2.05, 4.69) is 50.7 Å². The molecule has 0 aliphatic rings. The van der Waals surface area contributed by atoms with Crippen molar-refractivity contribution in [2.24, 2.45) is 7.05 Å².